The maximum absolute atomic E-state index is 6.23. The second-order valence-corrected chi connectivity index (χ2v) is 5.68. The lowest BCUT2D eigenvalue weighted by Gasteiger charge is -2.16. The molecule has 2 N–H and O–H groups in total. The summed E-state index contributed by atoms with van der Waals surface area (Å²) in [5.74, 6) is 0.433. The van der Waals surface area contributed by atoms with Crippen molar-refractivity contribution in [2.24, 2.45) is 11.7 Å². The highest BCUT2D eigenvalue weighted by molar-refractivity contribution is 6.31. The molecule has 0 fully saturated rings. The van der Waals surface area contributed by atoms with Gasteiger partial charge in [-0.2, -0.15) is 0 Å². The highest BCUT2D eigenvalue weighted by atomic mass is 35.5. The highest BCUT2D eigenvalue weighted by Gasteiger charge is 2.11. The van der Waals surface area contributed by atoms with E-state index in [2.05, 4.69) is 37.3 Å². The average molecular weight is 288 g/mol. The second kappa shape index (κ2) is 7.47. The Labute approximate surface area is 126 Å². The molecular weight excluding hydrogens is 266 g/mol. The van der Waals surface area contributed by atoms with Crippen molar-refractivity contribution >= 4 is 11.6 Å². The lowest BCUT2D eigenvalue weighted by Crippen LogP contribution is -2.19. The summed E-state index contributed by atoms with van der Waals surface area (Å²) >= 11 is 6.23. The van der Waals surface area contributed by atoms with Crippen molar-refractivity contribution in [1.82, 2.24) is 0 Å². The van der Waals surface area contributed by atoms with Crippen molar-refractivity contribution in [3.05, 3.63) is 70.2 Å². The van der Waals surface area contributed by atoms with Gasteiger partial charge >= 0.3 is 0 Å². The molecule has 0 amide bonds. The molecule has 0 aliphatic rings. The van der Waals surface area contributed by atoms with Gasteiger partial charge in [-0.15, -0.1) is 0 Å². The summed E-state index contributed by atoms with van der Waals surface area (Å²) in [6.45, 7) is 2.86. The fourth-order valence-electron chi connectivity index (χ4n) is 2.46. The number of benzene rings is 2. The molecular formula is C18H22ClN. The Morgan fingerprint density at radius 2 is 1.60 bits per heavy atom. The fraction of sp³-hybridized carbons (Fsp3) is 0.333. The van der Waals surface area contributed by atoms with Gasteiger partial charge < -0.3 is 5.73 Å². The molecule has 0 saturated heterocycles. The summed E-state index contributed by atoms with van der Waals surface area (Å²) in [6.07, 6.45) is 3.03. The smallest absolute Gasteiger partial charge is 0.0438 e. The first-order valence-electron chi connectivity index (χ1n) is 7.24. The number of nitrogens with two attached hydrogens (primary N) is 1. The van der Waals surface area contributed by atoms with Gasteiger partial charge in [-0.05, 0) is 54.5 Å². The van der Waals surface area contributed by atoms with Gasteiger partial charge in [0.1, 0.15) is 0 Å². The van der Waals surface area contributed by atoms with Crippen LogP contribution in [-0.2, 0) is 19.3 Å². The summed E-state index contributed by atoms with van der Waals surface area (Å²) in [7, 11) is 0. The standard InChI is InChI=1S/C18H22ClN/c1-2-14-7-9-15(10-8-14)11-16(13-20)12-17-5-3-4-6-18(17)19/h3-10,16H,2,11-13,20H2,1H3. The first-order valence-corrected chi connectivity index (χ1v) is 7.62. The number of hydrogen-bond donors (Lipinski definition) is 1. The summed E-state index contributed by atoms with van der Waals surface area (Å²) in [5.41, 5.74) is 9.85. The van der Waals surface area contributed by atoms with E-state index in [1.54, 1.807) is 0 Å². The van der Waals surface area contributed by atoms with E-state index in [9.17, 15) is 0 Å². The molecule has 0 aliphatic heterocycles. The molecule has 1 unspecified atom stereocenters. The van der Waals surface area contributed by atoms with Gasteiger partial charge in [0.2, 0.25) is 0 Å². The maximum Gasteiger partial charge on any atom is 0.0438 e. The van der Waals surface area contributed by atoms with E-state index in [0.717, 1.165) is 24.3 Å². The van der Waals surface area contributed by atoms with Gasteiger partial charge in [-0.3, -0.25) is 0 Å². The number of halogens is 1. The van der Waals surface area contributed by atoms with E-state index in [0.29, 0.717) is 12.5 Å². The molecule has 0 bridgehead atoms. The van der Waals surface area contributed by atoms with E-state index >= 15 is 0 Å². The Bertz CT molecular complexity index is 533. The van der Waals surface area contributed by atoms with Gasteiger partial charge in [0.05, 0.1) is 0 Å². The van der Waals surface area contributed by atoms with Crippen LogP contribution in [0.15, 0.2) is 48.5 Å². The molecule has 0 spiro atoms. The third-order valence-corrected chi connectivity index (χ3v) is 4.12. The van der Waals surface area contributed by atoms with Crippen LogP contribution in [0, 0.1) is 5.92 Å². The van der Waals surface area contributed by atoms with Crippen LogP contribution in [0.4, 0.5) is 0 Å². The van der Waals surface area contributed by atoms with Gasteiger partial charge in [0, 0.05) is 5.02 Å². The minimum Gasteiger partial charge on any atom is -0.330 e. The Kier molecular flexibility index (Phi) is 5.63. The van der Waals surface area contributed by atoms with E-state index in [1.165, 1.54) is 16.7 Å². The van der Waals surface area contributed by atoms with Crippen LogP contribution in [0.5, 0.6) is 0 Å². The van der Waals surface area contributed by atoms with Crippen LogP contribution >= 0.6 is 11.6 Å². The SMILES string of the molecule is CCc1ccc(CC(CN)Cc2ccccc2Cl)cc1. The van der Waals surface area contributed by atoms with Crippen LogP contribution in [-0.4, -0.2) is 6.54 Å². The molecule has 1 atom stereocenters. The summed E-state index contributed by atoms with van der Waals surface area (Å²) < 4.78 is 0. The quantitative estimate of drug-likeness (QED) is 0.844. The zero-order valence-corrected chi connectivity index (χ0v) is 12.7. The number of hydrogen-bond acceptors (Lipinski definition) is 1. The van der Waals surface area contributed by atoms with Crippen molar-refractivity contribution in [3.63, 3.8) is 0 Å². The van der Waals surface area contributed by atoms with E-state index in [-0.39, 0.29) is 0 Å². The van der Waals surface area contributed by atoms with E-state index in [1.807, 2.05) is 18.2 Å². The van der Waals surface area contributed by atoms with Crippen LogP contribution in [0.2, 0.25) is 5.02 Å². The topological polar surface area (TPSA) is 26.0 Å². The van der Waals surface area contributed by atoms with Crippen LogP contribution in [0.3, 0.4) is 0 Å². The number of aryl methyl sites for hydroxylation is 1. The lowest BCUT2D eigenvalue weighted by molar-refractivity contribution is 0.533. The summed E-state index contributed by atoms with van der Waals surface area (Å²) in [4.78, 5) is 0. The average Bonchev–Trinajstić information content (AvgIpc) is 2.49. The molecule has 0 aromatic heterocycles. The third kappa shape index (κ3) is 4.09. The Hall–Kier alpha value is -1.31. The number of rotatable bonds is 6. The lowest BCUT2D eigenvalue weighted by atomic mass is 9.92. The predicted octanol–water partition coefficient (Wildman–Crippen LogP) is 4.26. The molecule has 0 heterocycles. The molecule has 0 radical (unpaired) electrons. The Balaban J connectivity index is 2.03. The van der Waals surface area contributed by atoms with Crippen molar-refractivity contribution in [1.29, 1.82) is 0 Å². The molecule has 106 valence electrons. The molecule has 2 rings (SSSR count). The minimum atomic E-state index is 0.433. The monoisotopic (exact) mass is 287 g/mol. The van der Waals surface area contributed by atoms with Gasteiger partial charge in [-0.25, -0.2) is 0 Å². The minimum absolute atomic E-state index is 0.433. The first-order chi connectivity index (χ1) is 9.72. The van der Waals surface area contributed by atoms with Crippen molar-refractivity contribution in [3.8, 4) is 0 Å². The molecule has 2 aromatic carbocycles. The Morgan fingerprint density at radius 3 is 2.20 bits per heavy atom. The highest BCUT2D eigenvalue weighted by Crippen LogP contribution is 2.21. The largest absolute Gasteiger partial charge is 0.330 e. The summed E-state index contributed by atoms with van der Waals surface area (Å²) in [5, 5.41) is 0.840. The third-order valence-electron chi connectivity index (χ3n) is 3.76. The normalized spacial score (nSPS) is 12.3. The first kappa shape index (κ1) is 15.1. The van der Waals surface area contributed by atoms with Gasteiger partial charge in [-0.1, -0.05) is 61.0 Å². The molecule has 20 heavy (non-hydrogen) atoms. The predicted molar refractivity (Wildman–Crippen MR) is 87.2 cm³/mol. The van der Waals surface area contributed by atoms with E-state index < -0.39 is 0 Å². The van der Waals surface area contributed by atoms with Gasteiger partial charge in [0.15, 0.2) is 0 Å². The Morgan fingerprint density at radius 1 is 0.950 bits per heavy atom. The molecule has 1 nitrogen and oxygen atoms in total. The van der Waals surface area contributed by atoms with Crippen LogP contribution in [0.1, 0.15) is 23.6 Å². The van der Waals surface area contributed by atoms with Crippen molar-refractivity contribution in [2.45, 2.75) is 26.2 Å². The van der Waals surface area contributed by atoms with E-state index in [4.69, 9.17) is 17.3 Å². The second-order valence-electron chi connectivity index (χ2n) is 5.27. The van der Waals surface area contributed by atoms with Crippen LogP contribution < -0.4 is 5.73 Å². The molecule has 2 heteroatoms. The maximum atomic E-state index is 6.23. The molecule has 0 aliphatic carbocycles. The fourth-order valence-corrected chi connectivity index (χ4v) is 2.67. The summed E-state index contributed by atoms with van der Waals surface area (Å²) in [6, 6.07) is 16.9. The van der Waals surface area contributed by atoms with Crippen LogP contribution in [0.25, 0.3) is 0 Å². The molecule has 0 saturated carbocycles. The zero-order valence-electron chi connectivity index (χ0n) is 12.0. The molecule has 2 aromatic rings. The van der Waals surface area contributed by atoms with Crippen molar-refractivity contribution < 1.29 is 0 Å². The van der Waals surface area contributed by atoms with Crippen molar-refractivity contribution in [2.75, 3.05) is 6.54 Å². The zero-order chi connectivity index (χ0) is 14.4. The van der Waals surface area contributed by atoms with Gasteiger partial charge in [0.25, 0.3) is 0 Å².